The number of amidine groups is 1. The first kappa shape index (κ1) is 17.9. The number of hydrogen-bond acceptors (Lipinski definition) is 5. The van der Waals surface area contributed by atoms with E-state index in [-0.39, 0.29) is 18.8 Å². The van der Waals surface area contributed by atoms with Gasteiger partial charge in [-0.2, -0.15) is 4.90 Å². The highest BCUT2D eigenvalue weighted by molar-refractivity contribution is 6.19. The molecule has 2 unspecified atom stereocenters. The maximum Gasteiger partial charge on any atom is 0.417 e. The number of hydrogen-bond donors (Lipinski definition) is 2. The summed E-state index contributed by atoms with van der Waals surface area (Å²) in [4.78, 5) is 39.9. The number of carbonyl (C=O) groups excluding carboxylic acids is 3. The Morgan fingerprint density at radius 2 is 2.12 bits per heavy atom. The van der Waals surface area contributed by atoms with Gasteiger partial charge in [-0.25, -0.2) is 14.3 Å². The van der Waals surface area contributed by atoms with Crippen LogP contribution < -0.4 is 5.32 Å². The second-order valence-electron chi connectivity index (χ2n) is 6.35. The summed E-state index contributed by atoms with van der Waals surface area (Å²) < 4.78 is 6.96. The zero-order chi connectivity index (χ0) is 19.0. The Balaban J connectivity index is 2.02. The van der Waals surface area contributed by atoms with E-state index < -0.39 is 29.9 Å². The highest BCUT2D eigenvalue weighted by atomic mass is 16.3. The van der Waals surface area contributed by atoms with Crippen molar-refractivity contribution < 1.29 is 28.5 Å². The lowest BCUT2D eigenvalue weighted by Gasteiger charge is -2.27. The third-order valence-corrected chi connectivity index (χ3v) is 4.37. The molecule has 9 nitrogen and oxygen atoms in total. The van der Waals surface area contributed by atoms with E-state index in [1.807, 2.05) is 0 Å². The molecule has 1 saturated heterocycles. The second kappa shape index (κ2) is 6.75. The Labute approximate surface area is 150 Å². The Bertz CT molecular complexity index is 809. The number of aliphatic hydroxyl groups excluding tert-OH is 1. The topological polar surface area (TPSA) is 106 Å². The van der Waals surface area contributed by atoms with Crippen LogP contribution in [0.4, 0.5) is 4.79 Å². The quantitative estimate of drug-likeness (QED) is 0.702. The summed E-state index contributed by atoms with van der Waals surface area (Å²) in [6.07, 6.45) is 2.35. The fraction of sp³-hybridized carbons (Fsp3) is 0.412. The van der Waals surface area contributed by atoms with Gasteiger partial charge >= 0.3 is 6.03 Å². The van der Waals surface area contributed by atoms with Gasteiger partial charge in [-0.15, -0.1) is 0 Å². The van der Waals surface area contributed by atoms with Gasteiger partial charge in [0.2, 0.25) is 0 Å². The number of urea groups is 1. The number of carbonyl (C=O) groups is 3. The number of rotatable bonds is 5. The molecule has 0 saturated carbocycles. The predicted octanol–water partition coefficient (Wildman–Crippen LogP) is -0.275. The lowest BCUT2D eigenvalue weighted by atomic mass is 10.0. The van der Waals surface area contributed by atoms with Crippen molar-refractivity contribution in [1.29, 1.82) is 0 Å². The molecular formula is C17H21N4O5+. The molecule has 0 aromatic carbocycles. The molecule has 2 aliphatic rings. The van der Waals surface area contributed by atoms with Crippen LogP contribution in [0.15, 0.2) is 34.6 Å². The van der Waals surface area contributed by atoms with Crippen molar-refractivity contribution in [2.24, 2.45) is 5.92 Å². The summed E-state index contributed by atoms with van der Waals surface area (Å²) in [5.41, 5.74) is 0.241. The van der Waals surface area contributed by atoms with Crippen molar-refractivity contribution >= 4 is 23.7 Å². The van der Waals surface area contributed by atoms with Gasteiger partial charge in [0.25, 0.3) is 17.6 Å². The van der Waals surface area contributed by atoms with Crippen LogP contribution in [0, 0.1) is 5.92 Å². The number of nitrogens with zero attached hydrogens (tertiary/aromatic N) is 3. The number of furan rings is 1. The molecule has 0 aliphatic carbocycles. The van der Waals surface area contributed by atoms with Crippen LogP contribution in [0.3, 0.4) is 0 Å². The van der Waals surface area contributed by atoms with E-state index in [0.29, 0.717) is 11.6 Å². The first-order chi connectivity index (χ1) is 12.3. The molecule has 138 valence electrons. The summed E-state index contributed by atoms with van der Waals surface area (Å²) in [5.74, 6) is -0.567. The fourth-order valence-electron chi connectivity index (χ4n) is 3.06. The maximum absolute atomic E-state index is 12.6. The lowest BCUT2D eigenvalue weighted by Crippen LogP contribution is -2.57. The predicted molar refractivity (Wildman–Crippen MR) is 89.9 cm³/mol. The summed E-state index contributed by atoms with van der Waals surface area (Å²) in [7, 11) is 2.97. The van der Waals surface area contributed by atoms with Crippen molar-refractivity contribution in [3.63, 3.8) is 0 Å². The van der Waals surface area contributed by atoms with Crippen LogP contribution in [-0.2, 0) is 16.1 Å². The summed E-state index contributed by atoms with van der Waals surface area (Å²) >= 11 is 0. The van der Waals surface area contributed by atoms with E-state index in [0.717, 1.165) is 4.90 Å². The van der Waals surface area contributed by atoms with Crippen LogP contribution >= 0.6 is 0 Å². The fourth-order valence-corrected chi connectivity index (χ4v) is 3.06. The molecule has 2 atom stereocenters. The van der Waals surface area contributed by atoms with E-state index in [4.69, 9.17) is 4.42 Å². The normalized spacial score (nSPS) is 21.1. The zero-order valence-corrected chi connectivity index (χ0v) is 14.8. The van der Waals surface area contributed by atoms with Crippen molar-refractivity contribution in [2.45, 2.75) is 19.6 Å². The maximum atomic E-state index is 12.6. The molecule has 2 aliphatic heterocycles. The van der Waals surface area contributed by atoms with Crippen molar-refractivity contribution in [3.8, 4) is 0 Å². The van der Waals surface area contributed by atoms with Gasteiger partial charge in [0, 0.05) is 13.6 Å². The largest absolute Gasteiger partial charge is 0.465 e. The van der Waals surface area contributed by atoms with Crippen LogP contribution in [0.2, 0.25) is 0 Å². The van der Waals surface area contributed by atoms with Crippen LogP contribution in [0.5, 0.6) is 0 Å². The Morgan fingerprint density at radius 1 is 1.38 bits per heavy atom. The van der Waals surface area contributed by atoms with Crippen molar-refractivity contribution in [3.05, 3.63) is 35.9 Å². The Hall–Kier alpha value is -2.94. The highest BCUT2D eigenvalue weighted by Crippen LogP contribution is 2.27. The highest BCUT2D eigenvalue weighted by Gasteiger charge is 2.51. The molecule has 2 N–H and O–H groups in total. The number of imide groups is 1. The number of aliphatic hydroxyl groups is 1. The van der Waals surface area contributed by atoms with Gasteiger partial charge < -0.3 is 14.8 Å². The lowest BCUT2D eigenvalue weighted by molar-refractivity contribution is -0.492. The van der Waals surface area contributed by atoms with Gasteiger partial charge in [0.15, 0.2) is 11.6 Å². The van der Waals surface area contributed by atoms with Crippen LogP contribution in [0.1, 0.15) is 12.7 Å². The van der Waals surface area contributed by atoms with E-state index in [1.54, 1.807) is 30.7 Å². The van der Waals surface area contributed by atoms with Crippen LogP contribution in [0.25, 0.3) is 0 Å². The molecule has 1 aromatic heterocycles. The second-order valence-corrected chi connectivity index (χ2v) is 6.35. The van der Waals surface area contributed by atoms with E-state index in [9.17, 15) is 19.5 Å². The van der Waals surface area contributed by atoms with E-state index >= 15 is 0 Å². The monoisotopic (exact) mass is 361 g/mol. The first-order valence-electron chi connectivity index (χ1n) is 8.21. The smallest absolute Gasteiger partial charge is 0.417 e. The number of fused-ring (bicyclic) bond motifs is 1. The van der Waals surface area contributed by atoms with Crippen molar-refractivity contribution in [2.75, 3.05) is 20.6 Å². The standard InChI is InChI=1S/C17H20N4O5/c1-10(22)8-18-14(23)13-7-12-15(19(2)17(25)20(3)16(12)24)21(13)9-11-5-4-6-26-11/h4-7,10,12,22H,8-9H2,1-3H3/p+1. The molecule has 26 heavy (non-hydrogen) atoms. The molecule has 4 amide bonds. The minimum absolute atomic E-state index is 0.0768. The van der Waals surface area contributed by atoms with Gasteiger partial charge in [-0.1, -0.05) is 0 Å². The Kier molecular flexibility index (Phi) is 4.64. The van der Waals surface area contributed by atoms with Gasteiger partial charge in [-0.05, 0) is 25.1 Å². The van der Waals surface area contributed by atoms with Gasteiger partial charge in [0.1, 0.15) is 12.3 Å². The minimum atomic E-state index is -0.732. The van der Waals surface area contributed by atoms with Gasteiger partial charge in [-0.3, -0.25) is 9.59 Å². The minimum Gasteiger partial charge on any atom is -0.465 e. The summed E-state index contributed by atoms with van der Waals surface area (Å²) in [5, 5.41) is 12.0. The molecule has 1 aromatic rings. The molecule has 3 rings (SSSR count). The third-order valence-electron chi connectivity index (χ3n) is 4.37. The molecular weight excluding hydrogens is 340 g/mol. The van der Waals surface area contributed by atoms with E-state index in [2.05, 4.69) is 5.32 Å². The molecule has 0 bridgehead atoms. The summed E-state index contributed by atoms with van der Waals surface area (Å²) in [6.45, 7) is 1.83. The zero-order valence-electron chi connectivity index (χ0n) is 14.8. The Morgan fingerprint density at radius 3 is 2.73 bits per heavy atom. The van der Waals surface area contributed by atoms with Crippen molar-refractivity contribution in [1.82, 2.24) is 15.1 Å². The van der Waals surface area contributed by atoms with Gasteiger partial charge in [0.05, 0.1) is 19.4 Å². The third kappa shape index (κ3) is 3.01. The molecule has 0 spiro atoms. The average molecular weight is 361 g/mol. The first-order valence-corrected chi connectivity index (χ1v) is 8.21. The molecule has 9 heteroatoms. The SMILES string of the molecule is CC(O)CNC(=O)C1=CC2C(=O)N(C)C(=O)N(C)C2=[N+]1Cc1ccco1. The van der Waals surface area contributed by atoms with Crippen LogP contribution in [-0.4, -0.2) is 69.9 Å². The van der Waals surface area contributed by atoms with E-state index in [1.165, 1.54) is 24.3 Å². The number of amides is 4. The molecule has 0 radical (unpaired) electrons. The molecule has 3 heterocycles. The number of nitrogens with one attached hydrogen (secondary N) is 1. The molecule has 1 fully saturated rings. The average Bonchev–Trinajstić information content (AvgIpc) is 3.24. The summed E-state index contributed by atoms with van der Waals surface area (Å²) in [6, 6.07) is 3.00.